The van der Waals surface area contributed by atoms with Gasteiger partial charge in [0.25, 0.3) is 5.92 Å². The number of ether oxygens (including phenoxy) is 1. The molecular formula is C21H21F3N4O3. The number of aliphatic hydroxyl groups is 1. The van der Waals surface area contributed by atoms with Crippen LogP contribution in [0, 0.1) is 5.82 Å². The molecular weight excluding hydrogens is 413 g/mol. The summed E-state index contributed by atoms with van der Waals surface area (Å²) >= 11 is 0. The molecule has 1 aliphatic carbocycles. The minimum absolute atomic E-state index is 0.0736. The first kappa shape index (κ1) is 20.0. The van der Waals surface area contributed by atoms with Gasteiger partial charge in [-0.15, -0.1) is 0 Å². The smallest absolute Gasteiger partial charge is 0.290 e. The molecule has 0 bridgehead atoms. The molecule has 1 aromatic carbocycles. The first-order valence-electron chi connectivity index (χ1n) is 10.1. The van der Waals surface area contributed by atoms with Crippen molar-refractivity contribution in [2.75, 3.05) is 18.1 Å². The molecule has 1 unspecified atom stereocenters. The molecule has 10 heteroatoms. The van der Waals surface area contributed by atoms with Crippen molar-refractivity contribution in [3.8, 4) is 17.0 Å². The molecule has 1 saturated heterocycles. The van der Waals surface area contributed by atoms with Gasteiger partial charge >= 0.3 is 0 Å². The van der Waals surface area contributed by atoms with Gasteiger partial charge in [0.15, 0.2) is 0 Å². The molecule has 0 saturated carbocycles. The molecule has 1 fully saturated rings. The summed E-state index contributed by atoms with van der Waals surface area (Å²) in [5.74, 6) is -3.67. The minimum atomic E-state index is -3.10. The molecule has 3 heterocycles. The van der Waals surface area contributed by atoms with E-state index in [2.05, 4.69) is 15.3 Å². The largest absolute Gasteiger partial charge is 0.491 e. The van der Waals surface area contributed by atoms with Gasteiger partial charge in [-0.3, -0.25) is 4.79 Å². The molecule has 3 aliphatic rings. The van der Waals surface area contributed by atoms with Crippen LogP contribution in [0.2, 0.25) is 0 Å². The van der Waals surface area contributed by atoms with Crippen LogP contribution < -0.4 is 15.0 Å². The summed E-state index contributed by atoms with van der Waals surface area (Å²) in [6.07, 6.45) is -0.901. The van der Waals surface area contributed by atoms with Gasteiger partial charge in [-0.1, -0.05) is 0 Å². The number of nitrogens with one attached hydrogen (secondary N) is 1. The van der Waals surface area contributed by atoms with Crippen LogP contribution >= 0.6 is 0 Å². The zero-order valence-electron chi connectivity index (χ0n) is 17.0. The van der Waals surface area contributed by atoms with E-state index in [1.807, 2.05) is 0 Å². The van der Waals surface area contributed by atoms with Crippen LogP contribution in [0.4, 0.5) is 19.1 Å². The fraction of sp³-hybridized carbons (Fsp3) is 0.476. The molecule has 1 amide bonds. The topological polar surface area (TPSA) is 87.6 Å². The number of carbonyl (C=O) groups is 1. The van der Waals surface area contributed by atoms with Crippen molar-refractivity contribution in [2.45, 2.75) is 50.8 Å². The van der Waals surface area contributed by atoms with E-state index in [9.17, 15) is 18.7 Å². The van der Waals surface area contributed by atoms with Gasteiger partial charge in [0.2, 0.25) is 11.9 Å². The van der Waals surface area contributed by atoms with E-state index in [0.717, 1.165) is 0 Å². The van der Waals surface area contributed by atoms with Crippen LogP contribution in [0.1, 0.15) is 43.1 Å². The predicted octanol–water partition coefficient (Wildman–Crippen LogP) is 2.46. The summed E-state index contributed by atoms with van der Waals surface area (Å²) in [4.78, 5) is 21.7. The number of alkyl halides is 2. The number of hydrogen-bond acceptors (Lipinski definition) is 6. The van der Waals surface area contributed by atoms with E-state index in [1.54, 1.807) is 17.9 Å². The molecule has 7 nitrogen and oxygen atoms in total. The van der Waals surface area contributed by atoms with Crippen LogP contribution in [-0.2, 0) is 17.1 Å². The lowest BCUT2D eigenvalue weighted by atomic mass is 9.99. The number of β-amino-alcohol motifs (C(OH)–C–C–N with tert-alkyl or cyclic N) is 1. The van der Waals surface area contributed by atoms with Crippen molar-refractivity contribution < 1.29 is 27.8 Å². The van der Waals surface area contributed by atoms with Crippen molar-refractivity contribution in [3.05, 3.63) is 34.8 Å². The molecule has 1 aromatic heterocycles. The molecule has 31 heavy (non-hydrogen) atoms. The van der Waals surface area contributed by atoms with Gasteiger partial charge in [0.05, 0.1) is 29.4 Å². The molecule has 0 radical (unpaired) electrons. The van der Waals surface area contributed by atoms with E-state index in [0.29, 0.717) is 11.1 Å². The zero-order chi connectivity index (χ0) is 22.1. The molecule has 3 atom stereocenters. The lowest BCUT2D eigenvalue weighted by molar-refractivity contribution is -0.119. The maximum Gasteiger partial charge on any atom is 0.290 e. The Balaban J connectivity index is 1.62. The quantitative estimate of drug-likeness (QED) is 0.772. The second kappa shape index (κ2) is 6.81. The minimum Gasteiger partial charge on any atom is -0.491 e. The number of anilines is 1. The molecule has 2 aromatic rings. The van der Waals surface area contributed by atoms with Crippen molar-refractivity contribution >= 4 is 11.9 Å². The number of aromatic nitrogens is 2. The van der Waals surface area contributed by atoms with Crippen molar-refractivity contribution in [1.82, 2.24) is 15.3 Å². The van der Waals surface area contributed by atoms with E-state index < -0.39 is 23.9 Å². The Morgan fingerprint density at radius 3 is 2.81 bits per heavy atom. The summed E-state index contributed by atoms with van der Waals surface area (Å²) < 4.78 is 49.7. The number of aliphatic hydroxyl groups excluding tert-OH is 1. The van der Waals surface area contributed by atoms with Crippen LogP contribution in [0.15, 0.2) is 12.1 Å². The molecule has 164 valence electrons. The van der Waals surface area contributed by atoms with Gasteiger partial charge in [0.1, 0.15) is 23.9 Å². The Labute approximate surface area is 176 Å². The Bertz CT molecular complexity index is 1090. The molecule has 2 N–H and O–H groups in total. The normalized spacial score (nSPS) is 25.5. The highest BCUT2D eigenvalue weighted by molar-refractivity contribution is 5.75. The summed E-state index contributed by atoms with van der Waals surface area (Å²) in [7, 11) is 0. The van der Waals surface area contributed by atoms with E-state index in [-0.39, 0.29) is 66.6 Å². The average molecular weight is 434 g/mol. The van der Waals surface area contributed by atoms with Gasteiger partial charge < -0.3 is 20.1 Å². The van der Waals surface area contributed by atoms with Crippen LogP contribution in [-0.4, -0.2) is 46.3 Å². The molecule has 2 aliphatic heterocycles. The van der Waals surface area contributed by atoms with Gasteiger partial charge in [0, 0.05) is 31.0 Å². The summed E-state index contributed by atoms with van der Waals surface area (Å²) in [5, 5.41) is 12.5. The number of carbonyl (C=O) groups excluding carboxylic acids is 1. The number of amides is 1. The Morgan fingerprint density at radius 2 is 2.13 bits per heavy atom. The maximum absolute atomic E-state index is 15.0. The fourth-order valence-electron chi connectivity index (χ4n) is 4.44. The van der Waals surface area contributed by atoms with Gasteiger partial charge in [-0.2, -0.15) is 8.78 Å². The lowest BCUT2D eigenvalue weighted by Gasteiger charge is -2.43. The second-order valence-corrected chi connectivity index (χ2v) is 8.30. The fourth-order valence-corrected chi connectivity index (χ4v) is 4.44. The highest BCUT2D eigenvalue weighted by Crippen LogP contribution is 2.46. The third-order valence-corrected chi connectivity index (χ3v) is 6.22. The third kappa shape index (κ3) is 3.12. The van der Waals surface area contributed by atoms with Gasteiger partial charge in [-0.25, -0.2) is 14.4 Å². The number of nitrogens with zero attached hydrogens (tertiary/aromatic N) is 3. The van der Waals surface area contributed by atoms with E-state index >= 15 is 4.39 Å². The number of rotatable bonds is 3. The van der Waals surface area contributed by atoms with Crippen LogP contribution in [0.3, 0.4) is 0 Å². The summed E-state index contributed by atoms with van der Waals surface area (Å²) in [6.45, 7) is 3.42. The number of halogens is 3. The Morgan fingerprint density at radius 1 is 1.35 bits per heavy atom. The predicted molar refractivity (Wildman–Crippen MR) is 105 cm³/mol. The Hall–Kier alpha value is -2.88. The summed E-state index contributed by atoms with van der Waals surface area (Å²) in [5.41, 5.74) is 0.719. The van der Waals surface area contributed by atoms with Crippen LogP contribution in [0.25, 0.3) is 11.3 Å². The average Bonchev–Trinajstić information content (AvgIpc) is 3.25. The maximum atomic E-state index is 15.0. The van der Waals surface area contributed by atoms with Gasteiger partial charge in [-0.05, 0) is 25.5 Å². The van der Waals surface area contributed by atoms with E-state index in [4.69, 9.17) is 4.74 Å². The lowest BCUT2D eigenvalue weighted by Crippen LogP contribution is -2.59. The van der Waals surface area contributed by atoms with Crippen LogP contribution in [0.5, 0.6) is 5.75 Å². The number of fused-ring (bicyclic) bond motifs is 2. The summed E-state index contributed by atoms with van der Waals surface area (Å²) in [6, 6.07) is 1.89. The Kier molecular flexibility index (Phi) is 4.40. The van der Waals surface area contributed by atoms with Crippen molar-refractivity contribution in [2.24, 2.45) is 0 Å². The number of benzene rings is 1. The van der Waals surface area contributed by atoms with E-state index in [1.165, 1.54) is 13.0 Å². The zero-order valence-corrected chi connectivity index (χ0v) is 17.0. The second-order valence-electron chi connectivity index (χ2n) is 8.30. The number of hydrogen-bond donors (Lipinski definition) is 2. The highest BCUT2D eigenvalue weighted by atomic mass is 19.3. The molecule has 0 spiro atoms. The standard InChI is InChI=1S/C21H21F3N4O3/c1-9-15(30)7-28(9)20-26-18(12-3-4-21(23,24)19(12)27-20)11-5-13(22)17-14(25-10(2)29)8-31-16(17)6-11/h5-6,9,14-15,30H,3-4,7-8H2,1-2H3,(H,25,29)/t9-,14?,15+/m0/s1. The molecule has 5 rings (SSSR count). The SMILES string of the molecule is CC(=O)NC1COc2cc(-c3nc(N4C[C@@H](O)[C@@H]4C)nc4c3CCC4(F)F)cc(F)c21. The first-order valence-corrected chi connectivity index (χ1v) is 10.1. The monoisotopic (exact) mass is 434 g/mol. The van der Waals surface area contributed by atoms with Crippen molar-refractivity contribution in [1.29, 1.82) is 0 Å². The highest BCUT2D eigenvalue weighted by Gasteiger charge is 2.45. The first-order chi connectivity index (χ1) is 14.7. The third-order valence-electron chi connectivity index (χ3n) is 6.22. The van der Waals surface area contributed by atoms with Crippen molar-refractivity contribution in [3.63, 3.8) is 0 Å².